The molecule has 8 heteroatoms. The van der Waals surface area contributed by atoms with Crippen LogP contribution in [0.3, 0.4) is 0 Å². The highest BCUT2D eigenvalue weighted by molar-refractivity contribution is 5.87. The van der Waals surface area contributed by atoms with Gasteiger partial charge in [0.15, 0.2) is 5.82 Å². The molecule has 1 unspecified atom stereocenters. The number of carbonyl (C=O) groups excluding carboxylic acids is 2. The van der Waals surface area contributed by atoms with Gasteiger partial charge in [-0.25, -0.2) is 4.79 Å². The van der Waals surface area contributed by atoms with Crippen molar-refractivity contribution in [3.63, 3.8) is 0 Å². The molecule has 0 saturated heterocycles. The van der Waals surface area contributed by atoms with Crippen molar-refractivity contribution in [2.45, 2.75) is 44.1 Å². The molecule has 38 heavy (non-hydrogen) atoms. The fraction of sp³-hybridized carbons (Fsp3) is 0.267. The van der Waals surface area contributed by atoms with Gasteiger partial charge in [-0.15, -0.1) is 5.10 Å². The van der Waals surface area contributed by atoms with Gasteiger partial charge in [-0.05, 0) is 72.6 Å². The predicted octanol–water partition coefficient (Wildman–Crippen LogP) is 5.68. The number of carbonyl (C=O) groups is 2. The van der Waals surface area contributed by atoms with Gasteiger partial charge in [-0.2, -0.15) is 4.68 Å². The molecule has 1 saturated carbocycles. The van der Waals surface area contributed by atoms with Crippen LogP contribution in [0, 0.1) is 6.92 Å². The summed E-state index contributed by atoms with van der Waals surface area (Å²) >= 11 is 0. The Morgan fingerprint density at radius 1 is 0.974 bits per heavy atom. The topological polar surface area (TPSA) is 95.3 Å². The number of ether oxygens (including phenoxy) is 2. The molecule has 2 aliphatic carbocycles. The van der Waals surface area contributed by atoms with E-state index in [1.165, 1.54) is 12.7 Å². The van der Waals surface area contributed by atoms with Gasteiger partial charge in [-0.3, -0.25) is 10.1 Å². The van der Waals surface area contributed by atoms with Crippen LogP contribution in [-0.4, -0.2) is 34.2 Å². The van der Waals surface area contributed by atoms with Crippen LogP contribution in [0.1, 0.15) is 47.8 Å². The first-order chi connectivity index (χ1) is 18.5. The highest BCUT2D eigenvalue weighted by Crippen LogP contribution is 2.49. The second kappa shape index (κ2) is 9.45. The van der Waals surface area contributed by atoms with Crippen molar-refractivity contribution < 1.29 is 19.1 Å². The summed E-state index contributed by atoms with van der Waals surface area (Å²) in [5.41, 5.74) is 6.21. The van der Waals surface area contributed by atoms with Crippen molar-refractivity contribution in [3.05, 3.63) is 95.2 Å². The van der Waals surface area contributed by atoms with Gasteiger partial charge in [-0.1, -0.05) is 65.9 Å². The number of aryl methyl sites for hydroxylation is 2. The molecule has 6 rings (SSSR count). The number of rotatable bonds is 6. The fourth-order valence-electron chi connectivity index (χ4n) is 5.28. The Balaban J connectivity index is 1.17. The number of amides is 1. The summed E-state index contributed by atoms with van der Waals surface area (Å²) < 4.78 is 12.3. The molecule has 1 fully saturated rings. The van der Waals surface area contributed by atoms with Gasteiger partial charge in [0.1, 0.15) is 11.8 Å². The molecule has 192 valence electrons. The Morgan fingerprint density at radius 3 is 2.34 bits per heavy atom. The van der Waals surface area contributed by atoms with Crippen LogP contribution < -0.4 is 5.32 Å². The second-order valence-electron chi connectivity index (χ2n) is 9.89. The number of esters is 1. The van der Waals surface area contributed by atoms with Crippen molar-refractivity contribution in [1.82, 2.24) is 15.0 Å². The number of fused-ring (bicyclic) bond motifs is 1. The van der Waals surface area contributed by atoms with E-state index in [1.54, 1.807) is 11.6 Å². The summed E-state index contributed by atoms with van der Waals surface area (Å²) in [4.78, 5) is 25.0. The molecule has 1 heterocycles. The van der Waals surface area contributed by atoms with Gasteiger partial charge >= 0.3 is 12.1 Å². The molecular formula is C30H28N4O4. The zero-order chi connectivity index (χ0) is 26.3. The van der Waals surface area contributed by atoms with Crippen molar-refractivity contribution in [2.24, 2.45) is 0 Å². The monoisotopic (exact) mass is 508 g/mol. The second-order valence-corrected chi connectivity index (χ2v) is 9.89. The standard InChI is InChI=1S/C30H28N4O4/c1-19-27(31-29(36)38-26-16-11-22-5-3-4-6-25(22)26)34(33-32-19)24-14-9-21(10-15-24)20-7-12-23(13-8-20)30(17-18-30)28(35)37-2/h3-10,12-15,26H,11,16-18H2,1-2H3,(H,31,36). The zero-order valence-corrected chi connectivity index (χ0v) is 21.3. The molecule has 0 bridgehead atoms. The molecule has 4 aromatic rings. The minimum atomic E-state index is -0.532. The van der Waals surface area contributed by atoms with Crippen LogP contribution >= 0.6 is 0 Å². The Labute approximate surface area is 220 Å². The van der Waals surface area contributed by atoms with E-state index >= 15 is 0 Å². The highest BCUT2D eigenvalue weighted by Gasteiger charge is 2.52. The molecule has 0 aliphatic heterocycles. The van der Waals surface area contributed by atoms with Crippen molar-refractivity contribution in [3.8, 4) is 16.8 Å². The van der Waals surface area contributed by atoms with Gasteiger partial charge in [0, 0.05) is 0 Å². The summed E-state index contributed by atoms with van der Waals surface area (Å²) in [7, 11) is 1.44. The Hall–Kier alpha value is -4.46. The lowest BCUT2D eigenvalue weighted by Crippen LogP contribution is -2.21. The van der Waals surface area contributed by atoms with Gasteiger partial charge in [0.05, 0.1) is 18.2 Å². The zero-order valence-electron chi connectivity index (χ0n) is 21.3. The van der Waals surface area contributed by atoms with E-state index in [1.807, 2.05) is 66.7 Å². The summed E-state index contributed by atoms with van der Waals surface area (Å²) in [5, 5.41) is 11.2. The summed E-state index contributed by atoms with van der Waals surface area (Å²) in [5.74, 6) is 0.301. The number of anilines is 1. The molecule has 1 atom stereocenters. The maximum atomic E-state index is 12.8. The number of nitrogens with one attached hydrogen (secondary N) is 1. The molecule has 1 aromatic heterocycles. The molecule has 2 aliphatic rings. The number of methoxy groups -OCH3 is 1. The number of hydrogen-bond donors (Lipinski definition) is 1. The van der Waals surface area contributed by atoms with E-state index in [-0.39, 0.29) is 12.1 Å². The lowest BCUT2D eigenvalue weighted by atomic mass is 9.94. The third-order valence-corrected chi connectivity index (χ3v) is 7.60. The first-order valence-electron chi connectivity index (χ1n) is 12.8. The summed E-state index contributed by atoms with van der Waals surface area (Å²) in [6.07, 6.45) is 2.52. The minimum absolute atomic E-state index is 0.168. The van der Waals surface area contributed by atoms with E-state index in [0.29, 0.717) is 11.5 Å². The van der Waals surface area contributed by atoms with Crippen LogP contribution in [-0.2, 0) is 26.1 Å². The van der Waals surface area contributed by atoms with Crippen LogP contribution in [0.4, 0.5) is 10.6 Å². The summed E-state index contributed by atoms with van der Waals surface area (Å²) in [6.45, 7) is 1.79. The van der Waals surface area contributed by atoms with Crippen LogP contribution in [0.25, 0.3) is 16.8 Å². The maximum absolute atomic E-state index is 12.8. The molecule has 1 amide bonds. The Bertz CT molecular complexity index is 1500. The van der Waals surface area contributed by atoms with Gasteiger partial charge in [0.2, 0.25) is 0 Å². The molecule has 0 spiro atoms. The average Bonchev–Trinajstić information content (AvgIpc) is 3.56. The third kappa shape index (κ3) is 4.22. The summed E-state index contributed by atoms with van der Waals surface area (Å²) in [6, 6.07) is 23.9. The van der Waals surface area contributed by atoms with E-state index in [2.05, 4.69) is 21.7 Å². The van der Waals surface area contributed by atoms with Crippen LogP contribution in [0.2, 0.25) is 0 Å². The quantitative estimate of drug-likeness (QED) is 0.337. The van der Waals surface area contributed by atoms with Crippen LogP contribution in [0.15, 0.2) is 72.8 Å². The van der Waals surface area contributed by atoms with Crippen molar-refractivity contribution >= 4 is 17.9 Å². The fourth-order valence-corrected chi connectivity index (χ4v) is 5.28. The van der Waals surface area contributed by atoms with Gasteiger partial charge in [0.25, 0.3) is 0 Å². The van der Waals surface area contributed by atoms with Gasteiger partial charge < -0.3 is 9.47 Å². The van der Waals surface area contributed by atoms with E-state index < -0.39 is 11.5 Å². The first kappa shape index (κ1) is 23.9. The highest BCUT2D eigenvalue weighted by atomic mass is 16.6. The maximum Gasteiger partial charge on any atom is 0.413 e. The average molecular weight is 509 g/mol. The molecule has 3 aromatic carbocycles. The molecular weight excluding hydrogens is 480 g/mol. The molecule has 1 N–H and O–H groups in total. The Morgan fingerprint density at radius 2 is 1.66 bits per heavy atom. The number of aromatic nitrogens is 3. The van der Waals surface area contributed by atoms with E-state index in [4.69, 9.17) is 9.47 Å². The lowest BCUT2D eigenvalue weighted by Gasteiger charge is -2.15. The smallest absolute Gasteiger partial charge is 0.413 e. The predicted molar refractivity (Wildman–Crippen MR) is 142 cm³/mol. The minimum Gasteiger partial charge on any atom is -0.468 e. The number of benzene rings is 3. The first-order valence-corrected chi connectivity index (χ1v) is 12.8. The van der Waals surface area contributed by atoms with Crippen molar-refractivity contribution in [2.75, 3.05) is 12.4 Å². The lowest BCUT2D eigenvalue weighted by molar-refractivity contribution is -0.143. The van der Waals surface area contributed by atoms with Crippen molar-refractivity contribution in [1.29, 1.82) is 0 Å². The number of nitrogens with zero attached hydrogens (tertiary/aromatic N) is 3. The number of hydrogen-bond acceptors (Lipinski definition) is 6. The molecule has 8 nitrogen and oxygen atoms in total. The van der Waals surface area contributed by atoms with E-state index in [0.717, 1.165) is 53.6 Å². The SMILES string of the molecule is COC(=O)C1(c2ccc(-c3ccc(-n4nnc(C)c4NC(=O)OC4CCc5ccccc54)cc3)cc2)CC1. The molecule has 0 radical (unpaired) electrons. The van der Waals surface area contributed by atoms with Crippen LogP contribution in [0.5, 0.6) is 0 Å². The normalized spacial score (nSPS) is 16.9. The Kier molecular flexibility index (Phi) is 5.94. The largest absolute Gasteiger partial charge is 0.468 e. The third-order valence-electron chi connectivity index (χ3n) is 7.60. The van der Waals surface area contributed by atoms with E-state index in [9.17, 15) is 9.59 Å².